The Hall–Kier alpha value is -0.630. The topological polar surface area (TPSA) is 101 Å². The van der Waals surface area contributed by atoms with Crippen LogP contribution in [-0.2, 0) is 10.0 Å². The molecule has 0 amide bonds. The smallest absolute Gasteiger partial charge is 0.244 e. The summed E-state index contributed by atoms with van der Waals surface area (Å²) in [6, 6.07) is 0.209. The summed E-state index contributed by atoms with van der Waals surface area (Å²) in [5, 5.41) is 6.62. The number of nitrogens with one attached hydrogen (secondary N) is 2. The molecule has 0 bridgehead atoms. The molecule has 0 saturated heterocycles. The largest absolute Gasteiger partial charge is 0.328 e. The Morgan fingerprint density at radius 1 is 1.40 bits per heavy atom. The van der Waals surface area contributed by atoms with Gasteiger partial charge in [-0.3, -0.25) is 5.10 Å². The third-order valence-electron chi connectivity index (χ3n) is 3.71. The zero-order valence-electron chi connectivity index (χ0n) is 11.8. The van der Waals surface area contributed by atoms with Gasteiger partial charge in [-0.1, -0.05) is 6.42 Å². The number of H-pyrrole nitrogens is 1. The van der Waals surface area contributed by atoms with Crippen molar-refractivity contribution in [1.82, 2.24) is 14.9 Å². The monoisotopic (exact) mass is 322 g/mol. The van der Waals surface area contributed by atoms with Gasteiger partial charge in [0.2, 0.25) is 10.0 Å². The minimum atomic E-state index is -3.48. The zero-order chi connectivity index (χ0) is 14.0. The van der Waals surface area contributed by atoms with Crippen LogP contribution in [0.25, 0.3) is 0 Å². The molecule has 2 rings (SSSR count). The van der Waals surface area contributed by atoms with Gasteiger partial charge in [0.15, 0.2) is 0 Å². The molecule has 1 aromatic rings. The number of nitrogens with two attached hydrogens (primary N) is 1. The molecule has 2 unspecified atom stereocenters. The van der Waals surface area contributed by atoms with Gasteiger partial charge < -0.3 is 5.73 Å². The molecular weight excluding hydrogens is 300 g/mol. The molecule has 2 atom stereocenters. The molecule has 1 heterocycles. The molecule has 20 heavy (non-hydrogen) atoms. The highest BCUT2D eigenvalue weighted by atomic mass is 35.5. The van der Waals surface area contributed by atoms with Crippen LogP contribution in [0.3, 0.4) is 0 Å². The predicted octanol–water partition coefficient (Wildman–Crippen LogP) is 1.24. The van der Waals surface area contributed by atoms with E-state index in [9.17, 15) is 8.42 Å². The average Bonchev–Trinajstić information content (AvgIpc) is 2.67. The number of aryl methyl sites for hydroxylation is 2. The maximum absolute atomic E-state index is 12.3. The summed E-state index contributed by atoms with van der Waals surface area (Å²) >= 11 is 0. The maximum Gasteiger partial charge on any atom is 0.244 e. The van der Waals surface area contributed by atoms with Crippen LogP contribution >= 0.6 is 12.4 Å². The van der Waals surface area contributed by atoms with Gasteiger partial charge in [0, 0.05) is 12.6 Å². The van der Waals surface area contributed by atoms with Crippen molar-refractivity contribution in [1.29, 1.82) is 0 Å². The first-order valence-corrected chi connectivity index (χ1v) is 8.15. The average molecular weight is 323 g/mol. The van der Waals surface area contributed by atoms with Crippen LogP contribution in [0.15, 0.2) is 4.90 Å². The molecule has 8 heteroatoms. The Balaban J connectivity index is 0.00000200. The Kier molecular flexibility index (Phi) is 6.00. The fourth-order valence-electron chi connectivity index (χ4n) is 2.75. The van der Waals surface area contributed by atoms with Crippen molar-refractivity contribution in [2.75, 3.05) is 6.54 Å². The van der Waals surface area contributed by atoms with Crippen molar-refractivity contribution in [2.45, 2.75) is 50.5 Å². The van der Waals surface area contributed by atoms with Gasteiger partial charge in [0.05, 0.1) is 11.4 Å². The Labute approximate surface area is 126 Å². The normalized spacial score (nSPS) is 23.4. The van der Waals surface area contributed by atoms with Gasteiger partial charge in [0.25, 0.3) is 0 Å². The summed E-state index contributed by atoms with van der Waals surface area (Å²) in [6.07, 6.45) is 4.06. The van der Waals surface area contributed by atoms with Gasteiger partial charge in [-0.15, -0.1) is 12.4 Å². The molecule has 6 nitrogen and oxygen atoms in total. The van der Waals surface area contributed by atoms with Gasteiger partial charge in [-0.05, 0) is 39.0 Å². The first-order chi connectivity index (χ1) is 8.90. The minimum absolute atomic E-state index is 0. The molecule has 1 aliphatic rings. The van der Waals surface area contributed by atoms with E-state index in [0.29, 0.717) is 23.9 Å². The van der Waals surface area contributed by atoms with E-state index in [-0.39, 0.29) is 23.3 Å². The lowest BCUT2D eigenvalue weighted by atomic mass is 9.86. The lowest BCUT2D eigenvalue weighted by Gasteiger charge is -2.26. The minimum Gasteiger partial charge on any atom is -0.328 e. The summed E-state index contributed by atoms with van der Waals surface area (Å²) in [6.45, 7) is 3.86. The van der Waals surface area contributed by atoms with Crippen molar-refractivity contribution >= 4 is 22.4 Å². The van der Waals surface area contributed by atoms with Crippen molar-refractivity contribution in [3.05, 3.63) is 11.4 Å². The molecular formula is C12H23ClN4O2S. The second kappa shape index (κ2) is 6.89. The van der Waals surface area contributed by atoms with Crippen LogP contribution in [0.2, 0.25) is 0 Å². The van der Waals surface area contributed by atoms with E-state index in [1.807, 2.05) is 0 Å². The summed E-state index contributed by atoms with van der Waals surface area (Å²) in [5.41, 5.74) is 6.99. The molecule has 0 aromatic carbocycles. The third-order valence-corrected chi connectivity index (χ3v) is 5.40. The van der Waals surface area contributed by atoms with E-state index in [4.69, 9.17) is 5.73 Å². The fraction of sp³-hybridized carbons (Fsp3) is 0.750. The predicted molar refractivity (Wildman–Crippen MR) is 80.4 cm³/mol. The van der Waals surface area contributed by atoms with E-state index in [2.05, 4.69) is 14.9 Å². The quantitative estimate of drug-likeness (QED) is 0.776. The van der Waals surface area contributed by atoms with Crippen molar-refractivity contribution in [2.24, 2.45) is 11.7 Å². The first-order valence-electron chi connectivity index (χ1n) is 6.67. The molecule has 1 fully saturated rings. The van der Waals surface area contributed by atoms with Crippen molar-refractivity contribution in [3.63, 3.8) is 0 Å². The standard InChI is InChI=1S/C12H22N4O2S.ClH/c1-8-12(9(2)16-15-8)19(17,18)14-7-10-4-3-5-11(13)6-10;/h10-11,14H,3-7,13H2,1-2H3,(H,15,16);1H. The van der Waals surface area contributed by atoms with Gasteiger partial charge in [-0.2, -0.15) is 5.10 Å². The summed E-state index contributed by atoms with van der Waals surface area (Å²) in [4.78, 5) is 0.271. The van der Waals surface area contributed by atoms with Crippen LogP contribution in [-0.4, -0.2) is 31.2 Å². The molecule has 116 valence electrons. The van der Waals surface area contributed by atoms with E-state index >= 15 is 0 Å². The first kappa shape index (κ1) is 17.4. The highest BCUT2D eigenvalue weighted by Gasteiger charge is 2.25. The Morgan fingerprint density at radius 3 is 2.65 bits per heavy atom. The number of hydrogen-bond acceptors (Lipinski definition) is 4. The van der Waals surface area contributed by atoms with Crippen LogP contribution in [0.1, 0.15) is 37.1 Å². The summed E-state index contributed by atoms with van der Waals surface area (Å²) in [5.74, 6) is 0.339. The molecule has 1 aromatic heterocycles. The molecule has 4 N–H and O–H groups in total. The lowest BCUT2D eigenvalue weighted by Crippen LogP contribution is -2.35. The van der Waals surface area contributed by atoms with E-state index in [0.717, 1.165) is 25.7 Å². The highest BCUT2D eigenvalue weighted by Crippen LogP contribution is 2.23. The maximum atomic E-state index is 12.3. The van der Waals surface area contributed by atoms with Gasteiger partial charge in [-0.25, -0.2) is 13.1 Å². The van der Waals surface area contributed by atoms with Crippen molar-refractivity contribution < 1.29 is 8.42 Å². The second-order valence-electron chi connectivity index (χ2n) is 5.41. The van der Waals surface area contributed by atoms with Crippen LogP contribution < -0.4 is 10.5 Å². The Bertz CT molecular complexity index is 524. The molecule has 1 saturated carbocycles. The summed E-state index contributed by atoms with van der Waals surface area (Å²) in [7, 11) is -3.48. The molecule has 1 aliphatic carbocycles. The molecule has 0 aliphatic heterocycles. The van der Waals surface area contributed by atoms with Gasteiger partial charge in [0.1, 0.15) is 4.90 Å². The molecule has 0 spiro atoms. The van der Waals surface area contributed by atoms with Crippen LogP contribution in [0.5, 0.6) is 0 Å². The van der Waals surface area contributed by atoms with E-state index in [1.165, 1.54) is 0 Å². The number of halogens is 1. The third kappa shape index (κ3) is 3.94. The second-order valence-corrected chi connectivity index (χ2v) is 7.11. The van der Waals surface area contributed by atoms with E-state index in [1.54, 1.807) is 13.8 Å². The van der Waals surface area contributed by atoms with Crippen LogP contribution in [0.4, 0.5) is 0 Å². The zero-order valence-corrected chi connectivity index (χ0v) is 13.5. The lowest BCUT2D eigenvalue weighted by molar-refractivity contribution is 0.322. The van der Waals surface area contributed by atoms with Crippen molar-refractivity contribution in [3.8, 4) is 0 Å². The summed E-state index contributed by atoms with van der Waals surface area (Å²) < 4.78 is 27.2. The number of hydrogen-bond donors (Lipinski definition) is 3. The van der Waals surface area contributed by atoms with Gasteiger partial charge >= 0.3 is 0 Å². The number of rotatable bonds is 4. The Morgan fingerprint density at radius 2 is 2.10 bits per heavy atom. The molecule has 0 radical (unpaired) electrons. The number of aromatic nitrogens is 2. The highest BCUT2D eigenvalue weighted by molar-refractivity contribution is 7.89. The van der Waals surface area contributed by atoms with E-state index < -0.39 is 10.0 Å². The van der Waals surface area contributed by atoms with Crippen LogP contribution in [0, 0.1) is 19.8 Å². The number of nitrogens with zero attached hydrogens (tertiary/aromatic N) is 1. The number of aromatic amines is 1. The fourth-order valence-corrected chi connectivity index (χ4v) is 4.24. The SMILES string of the molecule is Cc1n[nH]c(C)c1S(=O)(=O)NCC1CCCC(N)C1.Cl. The number of sulfonamides is 1.